The molecule has 0 aliphatic carbocycles. The molecule has 3 aromatic rings. The van der Waals surface area contributed by atoms with Crippen LogP contribution in [0.1, 0.15) is 30.7 Å². The summed E-state index contributed by atoms with van der Waals surface area (Å²) in [5, 5.41) is 3.94. The average molecular weight is 351 g/mol. The Labute approximate surface area is 150 Å². The van der Waals surface area contributed by atoms with Gasteiger partial charge < -0.3 is 9.42 Å². The number of hydrogen-bond donors (Lipinski definition) is 0. The molecule has 132 valence electrons. The molecule has 1 fully saturated rings. The number of benzene rings is 2. The monoisotopic (exact) mass is 351 g/mol. The fourth-order valence-corrected chi connectivity index (χ4v) is 3.18. The standard InChI is InChI=1S/C20H18FN3O2/c1-2-13-6-8-17(9-7-13)24-12-15(11-18(24)25)20-22-19(23-26-20)14-4-3-5-16(21)10-14/h3-10,15H,2,11-12H2,1H3. The van der Waals surface area contributed by atoms with Crippen LogP contribution in [-0.2, 0) is 11.2 Å². The average Bonchev–Trinajstić information content (AvgIpc) is 3.29. The summed E-state index contributed by atoms with van der Waals surface area (Å²) < 4.78 is 18.7. The smallest absolute Gasteiger partial charge is 0.232 e. The molecule has 26 heavy (non-hydrogen) atoms. The number of hydrogen-bond acceptors (Lipinski definition) is 4. The summed E-state index contributed by atoms with van der Waals surface area (Å²) in [6, 6.07) is 14.0. The number of carbonyl (C=O) groups is 1. The maximum atomic E-state index is 13.4. The van der Waals surface area contributed by atoms with Gasteiger partial charge in [-0.3, -0.25) is 4.79 Å². The minimum absolute atomic E-state index is 0.0322. The summed E-state index contributed by atoms with van der Waals surface area (Å²) in [5.74, 6) is 0.252. The minimum Gasteiger partial charge on any atom is -0.339 e. The van der Waals surface area contributed by atoms with Crippen molar-refractivity contribution in [2.75, 3.05) is 11.4 Å². The molecular formula is C20H18FN3O2. The van der Waals surface area contributed by atoms with Crippen molar-refractivity contribution in [2.24, 2.45) is 0 Å². The highest BCUT2D eigenvalue weighted by Crippen LogP contribution is 2.32. The molecular weight excluding hydrogens is 333 g/mol. The first-order chi connectivity index (χ1) is 12.6. The van der Waals surface area contributed by atoms with E-state index in [2.05, 4.69) is 17.1 Å². The lowest BCUT2D eigenvalue weighted by Crippen LogP contribution is -2.24. The zero-order valence-electron chi connectivity index (χ0n) is 14.4. The van der Waals surface area contributed by atoms with Gasteiger partial charge in [-0.2, -0.15) is 4.98 Å². The van der Waals surface area contributed by atoms with Crippen molar-refractivity contribution in [3.05, 3.63) is 65.8 Å². The second kappa shape index (κ2) is 6.71. The van der Waals surface area contributed by atoms with Crippen LogP contribution in [-0.4, -0.2) is 22.6 Å². The topological polar surface area (TPSA) is 59.2 Å². The number of carbonyl (C=O) groups excluding carboxylic acids is 1. The van der Waals surface area contributed by atoms with Gasteiger partial charge in [0.1, 0.15) is 5.82 Å². The second-order valence-electron chi connectivity index (χ2n) is 6.39. The van der Waals surface area contributed by atoms with E-state index in [9.17, 15) is 9.18 Å². The van der Waals surface area contributed by atoms with Crippen LogP contribution in [0, 0.1) is 5.82 Å². The fraction of sp³-hybridized carbons (Fsp3) is 0.250. The number of halogens is 1. The second-order valence-corrected chi connectivity index (χ2v) is 6.39. The number of anilines is 1. The third kappa shape index (κ3) is 3.10. The lowest BCUT2D eigenvalue weighted by molar-refractivity contribution is -0.117. The van der Waals surface area contributed by atoms with Gasteiger partial charge in [-0.25, -0.2) is 4.39 Å². The molecule has 2 aromatic carbocycles. The summed E-state index contributed by atoms with van der Waals surface area (Å²) in [6.07, 6.45) is 1.28. The van der Waals surface area contributed by atoms with Crippen LogP contribution in [0.15, 0.2) is 53.1 Å². The lowest BCUT2D eigenvalue weighted by atomic mass is 10.1. The number of rotatable bonds is 4. The largest absolute Gasteiger partial charge is 0.339 e. The summed E-state index contributed by atoms with van der Waals surface area (Å²) in [7, 11) is 0. The molecule has 1 atom stereocenters. The van der Waals surface area contributed by atoms with Crippen molar-refractivity contribution >= 4 is 11.6 Å². The molecule has 0 spiro atoms. The van der Waals surface area contributed by atoms with Gasteiger partial charge in [0.2, 0.25) is 17.6 Å². The predicted octanol–water partition coefficient (Wildman–Crippen LogP) is 3.96. The van der Waals surface area contributed by atoms with Gasteiger partial charge >= 0.3 is 0 Å². The van der Waals surface area contributed by atoms with E-state index in [0.29, 0.717) is 30.2 Å². The van der Waals surface area contributed by atoms with Gasteiger partial charge in [-0.05, 0) is 36.2 Å². The minimum atomic E-state index is -0.355. The SMILES string of the molecule is CCc1ccc(N2CC(c3nc(-c4cccc(F)c4)no3)CC2=O)cc1. The van der Waals surface area contributed by atoms with Crippen LogP contribution in [0.25, 0.3) is 11.4 Å². The highest BCUT2D eigenvalue weighted by Gasteiger charge is 2.35. The van der Waals surface area contributed by atoms with Crippen molar-refractivity contribution in [3.63, 3.8) is 0 Å². The van der Waals surface area contributed by atoms with Crippen molar-refractivity contribution < 1.29 is 13.7 Å². The maximum absolute atomic E-state index is 13.4. The number of nitrogens with zero attached hydrogens (tertiary/aromatic N) is 3. The zero-order chi connectivity index (χ0) is 18.1. The van der Waals surface area contributed by atoms with Crippen molar-refractivity contribution in [1.29, 1.82) is 0 Å². The number of amides is 1. The van der Waals surface area contributed by atoms with E-state index < -0.39 is 0 Å². The molecule has 1 unspecified atom stereocenters. The van der Waals surface area contributed by atoms with Gasteiger partial charge in [0.15, 0.2) is 0 Å². The number of aromatic nitrogens is 2. The first kappa shape index (κ1) is 16.4. The Balaban J connectivity index is 1.53. The Kier molecular flexibility index (Phi) is 4.24. The van der Waals surface area contributed by atoms with Gasteiger partial charge in [0.05, 0.1) is 5.92 Å². The molecule has 0 saturated carbocycles. The highest BCUT2D eigenvalue weighted by molar-refractivity contribution is 5.96. The number of aryl methyl sites for hydroxylation is 1. The first-order valence-corrected chi connectivity index (χ1v) is 8.63. The molecule has 2 heterocycles. The van der Waals surface area contributed by atoms with Crippen LogP contribution in [0.4, 0.5) is 10.1 Å². The Hall–Kier alpha value is -3.02. The summed E-state index contributed by atoms with van der Waals surface area (Å²) in [4.78, 5) is 18.5. The van der Waals surface area contributed by atoms with Crippen LogP contribution in [0.2, 0.25) is 0 Å². The van der Waals surface area contributed by atoms with E-state index in [-0.39, 0.29) is 17.6 Å². The Morgan fingerprint density at radius 1 is 1.23 bits per heavy atom. The zero-order valence-corrected chi connectivity index (χ0v) is 14.4. The summed E-state index contributed by atoms with van der Waals surface area (Å²) in [6.45, 7) is 2.59. The molecule has 4 rings (SSSR count). The Morgan fingerprint density at radius 3 is 2.77 bits per heavy atom. The molecule has 0 N–H and O–H groups in total. The van der Waals surface area contributed by atoms with E-state index in [1.165, 1.54) is 17.7 Å². The molecule has 0 bridgehead atoms. The first-order valence-electron chi connectivity index (χ1n) is 8.63. The molecule has 1 aliphatic heterocycles. The normalized spacial score (nSPS) is 17.1. The molecule has 1 aromatic heterocycles. The van der Waals surface area contributed by atoms with Gasteiger partial charge in [0.25, 0.3) is 0 Å². The summed E-state index contributed by atoms with van der Waals surface area (Å²) in [5.41, 5.74) is 2.66. The van der Waals surface area contributed by atoms with Crippen LogP contribution < -0.4 is 4.90 Å². The predicted molar refractivity (Wildman–Crippen MR) is 95.2 cm³/mol. The van der Waals surface area contributed by atoms with Crippen molar-refractivity contribution in [3.8, 4) is 11.4 Å². The molecule has 0 radical (unpaired) electrons. The van der Waals surface area contributed by atoms with E-state index in [4.69, 9.17) is 4.52 Å². The quantitative estimate of drug-likeness (QED) is 0.714. The van der Waals surface area contributed by atoms with Crippen LogP contribution in [0.5, 0.6) is 0 Å². The van der Waals surface area contributed by atoms with Crippen LogP contribution >= 0.6 is 0 Å². The molecule has 1 saturated heterocycles. The molecule has 1 amide bonds. The van der Waals surface area contributed by atoms with Crippen molar-refractivity contribution in [1.82, 2.24) is 10.1 Å². The van der Waals surface area contributed by atoms with E-state index >= 15 is 0 Å². The van der Waals surface area contributed by atoms with E-state index in [1.54, 1.807) is 17.0 Å². The third-order valence-corrected chi connectivity index (χ3v) is 4.66. The van der Waals surface area contributed by atoms with E-state index in [1.807, 2.05) is 24.3 Å². The summed E-state index contributed by atoms with van der Waals surface area (Å²) >= 11 is 0. The van der Waals surface area contributed by atoms with Gasteiger partial charge in [0, 0.05) is 24.2 Å². The third-order valence-electron chi connectivity index (χ3n) is 4.66. The highest BCUT2D eigenvalue weighted by atomic mass is 19.1. The molecule has 5 nitrogen and oxygen atoms in total. The Bertz CT molecular complexity index is 936. The van der Waals surface area contributed by atoms with Gasteiger partial charge in [-0.15, -0.1) is 0 Å². The van der Waals surface area contributed by atoms with Crippen molar-refractivity contribution in [2.45, 2.75) is 25.7 Å². The van der Waals surface area contributed by atoms with E-state index in [0.717, 1.165) is 12.1 Å². The lowest BCUT2D eigenvalue weighted by Gasteiger charge is -2.16. The Morgan fingerprint density at radius 2 is 2.04 bits per heavy atom. The van der Waals surface area contributed by atoms with Gasteiger partial charge in [-0.1, -0.05) is 36.3 Å². The van der Waals surface area contributed by atoms with Crippen LogP contribution in [0.3, 0.4) is 0 Å². The molecule has 6 heteroatoms. The fourth-order valence-electron chi connectivity index (χ4n) is 3.18. The maximum Gasteiger partial charge on any atom is 0.232 e. The molecule has 1 aliphatic rings.